The molecule has 98 valence electrons. The largest absolute Gasteiger partial charge is 0.342 e. The second-order valence-electron chi connectivity index (χ2n) is 5.94. The zero-order chi connectivity index (χ0) is 12.4. The van der Waals surface area contributed by atoms with Gasteiger partial charge in [-0.3, -0.25) is 4.79 Å². The van der Waals surface area contributed by atoms with Crippen molar-refractivity contribution in [2.45, 2.75) is 64.0 Å². The van der Waals surface area contributed by atoms with Gasteiger partial charge in [0.05, 0.1) is 5.92 Å². The molecule has 3 atom stereocenters. The molecule has 3 nitrogen and oxygen atoms in total. The summed E-state index contributed by atoms with van der Waals surface area (Å²) < 4.78 is 0. The molecule has 0 saturated heterocycles. The van der Waals surface area contributed by atoms with Gasteiger partial charge in [-0.25, -0.2) is 0 Å². The van der Waals surface area contributed by atoms with Gasteiger partial charge in [0.25, 0.3) is 0 Å². The number of carbonyl (C=O) groups excluding carboxylic acids is 1. The van der Waals surface area contributed by atoms with Gasteiger partial charge in [0.2, 0.25) is 5.91 Å². The van der Waals surface area contributed by atoms with Crippen LogP contribution in [0.1, 0.15) is 51.9 Å². The average Bonchev–Trinajstić information content (AvgIpc) is 3.13. The molecule has 0 aromatic rings. The first kappa shape index (κ1) is 12.9. The number of hydrogen-bond acceptors (Lipinski definition) is 2. The van der Waals surface area contributed by atoms with Gasteiger partial charge in [-0.15, -0.1) is 0 Å². The van der Waals surface area contributed by atoms with E-state index in [0.29, 0.717) is 11.9 Å². The van der Waals surface area contributed by atoms with E-state index in [4.69, 9.17) is 5.73 Å². The lowest BCUT2D eigenvalue weighted by Crippen LogP contribution is -2.46. The highest BCUT2D eigenvalue weighted by Gasteiger charge is 2.36. The van der Waals surface area contributed by atoms with E-state index in [0.717, 1.165) is 25.2 Å². The van der Waals surface area contributed by atoms with Gasteiger partial charge < -0.3 is 10.6 Å². The van der Waals surface area contributed by atoms with E-state index in [-0.39, 0.29) is 12.0 Å². The Hall–Kier alpha value is -0.570. The molecule has 3 heteroatoms. The van der Waals surface area contributed by atoms with E-state index in [2.05, 4.69) is 6.92 Å². The Morgan fingerprint density at radius 3 is 2.47 bits per heavy atom. The molecule has 2 saturated carbocycles. The van der Waals surface area contributed by atoms with E-state index in [1.807, 2.05) is 11.9 Å². The van der Waals surface area contributed by atoms with Crippen LogP contribution in [-0.2, 0) is 4.79 Å². The third kappa shape index (κ3) is 3.01. The Morgan fingerprint density at radius 2 is 1.82 bits per heavy atom. The highest BCUT2D eigenvalue weighted by atomic mass is 16.2. The molecule has 2 fully saturated rings. The predicted octanol–water partition coefficient (Wildman–Crippen LogP) is 2.15. The standard InChI is InChI=1S/C14H26N2O/c1-10(11-8-9-11)16(2)14(17)12-6-4-3-5-7-13(12)15/h10-13H,3-9,15H2,1-2H3. The molecule has 0 aliphatic heterocycles. The van der Waals surface area contributed by atoms with Gasteiger partial charge in [0, 0.05) is 19.1 Å². The lowest BCUT2D eigenvalue weighted by Gasteiger charge is -2.31. The molecule has 2 rings (SSSR count). The Morgan fingerprint density at radius 1 is 1.18 bits per heavy atom. The van der Waals surface area contributed by atoms with Gasteiger partial charge >= 0.3 is 0 Å². The second-order valence-corrected chi connectivity index (χ2v) is 5.94. The summed E-state index contributed by atoms with van der Waals surface area (Å²) in [5, 5.41) is 0. The summed E-state index contributed by atoms with van der Waals surface area (Å²) in [6.07, 6.45) is 8.16. The van der Waals surface area contributed by atoms with Crippen molar-refractivity contribution in [1.82, 2.24) is 4.90 Å². The Labute approximate surface area is 105 Å². The third-order valence-corrected chi connectivity index (χ3v) is 4.65. The van der Waals surface area contributed by atoms with Crippen LogP contribution in [-0.4, -0.2) is 29.9 Å². The zero-order valence-corrected chi connectivity index (χ0v) is 11.2. The molecular formula is C14H26N2O. The van der Waals surface area contributed by atoms with Gasteiger partial charge in [-0.05, 0) is 38.5 Å². The summed E-state index contributed by atoms with van der Waals surface area (Å²) in [5.74, 6) is 1.11. The van der Waals surface area contributed by atoms with E-state index in [9.17, 15) is 4.79 Å². The van der Waals surface area contributed by atoms with Crippen LogP contribution in [0.15, 0.2) is 0 Å². The van der Waals surface area contributed by atoms with E-state index >= 15 is 0 Å². The summed E-state index contributed by atoms with van der Waals surface area (Å²) >= 11 is 0. The SMILES string of the molecule is CC(C1CC1)N(C)C(=O)C1CCCCCC1N. The minimum absolute atomic E-state index is 0.0729. The number of rotatable bonds is 3. The first-order valence-electron chi connectivity index (χ1n) is 7.13. The minimum Gasteiger partial charge on any atom is -0.342 e. The third-order valence-electron chi connectivity index (χ3n) is 4.65. The number of carbonyl (C=O) groups is 1. The number of amides is 1. The summed E-state index contributed by atoms with van der Waals surface area (Å²) in [7, 11) is 1.96. The van der Waals surface area contributed by atoms with E-state index in [1.54, 1.807) is 0 Å². The quantitative estimate of drug-likeness (QED) is 0.766. The lowest BCUT2D eigenvalue weighted by molar-refractivity contribution is -0.137. The molecule has 0 radical (unpaired) electrons. The highest BCUT2D eigenvalue weighted by molar-refractivity contribution is 5.79. The van der Waals surface area contributed by atoms with Gasteiger partial charge in [-0.1, -0.05) is 19.3 Å². The van der Waals surface area contributed by atoms with Crippen molar-refractivity contribution in [3.63, 3.8) is 0 Å². The lowest BCUT2D eigenvalue weighted by atomic mass is 9.93. The fraction of sp³-hybridized carbons (Fsp3) is 0.929. The van der Waals surface area contributed by atoms with Crippen LogP contribution in [0.3, 0.4) is 0 Å². The molecule has 2 aliphatic rings. The molecule has 1 amide bonds. The molecule has 0 aromatic carbocycles. The first-order valence-corrected chi connectivity index (χ1v) is 7.13. The number of nitrogens with two attached hydrogens (primary N) is 1. The van der Waals surface area contributed by atoms with Crippen molar-refractivity contribution in [2.75, 3.05) is 7.05 Å². The Kier molecular flexibility index (Phi) is 4.08. The van der Waals surface area contributed by atoms with Crippen LogP contribution < -0.4 is 5.73 Å². The highest BCUT2D eigenvalue weighted by Crippen LogP contribution is 2.35. The summed E-state index contributed by atoms with van der Waals surface area (Å²) in [4.78, 5) is 14.4. The van der Waals surface area contributed by atoms with Gasteiger partial charge in [0.1, 0.15) is 0 Å². The monoisotopic (exact) mass is 238 g/mol. The second kappa shape index (κ2) is 5.38. The van der Waals surface area contributed by atoms with E-state index < -0.39 is 0 Å². The van der Waals surface area contributed by atoms with Gasteiger partial charge in [0.15, 0.2) is 0 Å². The molecule has 2 N–H and O–H groups in total. The summed E-state index contributed by atoms with van der Waals surface area (Å²) in [5.41, 5.74) is 6.16. The fourth-order valence-corrected chi connectivity index (χ4v) is 3.00. The molecule has 0 bridgehead atoms. The van der Waals surface area contributed by atoms with E-state index in [1.165, 1.54) is 25.7 Å². The predicted molar refractivity (Wildman–Crippen MR) is 69.5 cm³/mol. The maximum atomic E-state index is 12.5. The first-order chi connectivity index (χ1) is 8.11. The summed E-state index contributed by atoms with van der Waals surface area (Å²) in [6.45, 7) is 2.18. The molecule has 3 unspecified atom stereocenters. The number of nitrogens with zero attached hydrogens (tertiary/aromatic N) is 1. The maximum Gasteiger partial charge on any atom is 0.227 e. The molecule has 0 heterocycles. The van der Waals surface area contributed by atoms with Crippen molar-refractivity contribution in [3.8, 4) is 0 Å². The van der Waals surface area contributed by atoms with Crippen molar-refractivity contribution < 1.29 is 4.79 Å². The van der Waals surface area contributed by atoms with Crippen LogP contribution in [0.25, 0.3) is 0 Å². The summed E-state index contributed by atoms with van der Waals surface area (Å²) in [6, 6.07) is 0.483. The van der Waals surface area contributed by atoms with Crippen molar-refractivity contribution in [2.24, 2.45) is 17.6 Å². The Balaban J connectivity index is 1.96. The maximum absolute atomic E-state index is 12.5. The molecule has 2 aliphatic carbocycles. The normalized spacial score (nSPS) is 31.7. The number of hydrogen-bond donors (Lipinski definition) is 1. The molecule has 0 aromatic heterocycles. The van der Waals surface area contributed by atoms with Crippen molar-refractivity contribution >= 4 is 5.91 Å². The average molecular weight is 238 g/mol. The van der Waals surface area contributed by atoms with Crippen molar-refractivity contribution in [1.29, 1.82) is 0 Å². The van der Waals surface area contributed by atoms with Crippen LogP contribution >= 0.6 is 0 Å². The molecule has 0 spiro atoms. The molecule has 17 heavy (non-hydrogen) atoms. The minimum atomic E-state index is 0.0729. The van der Waals surface area contributed by atoms with Crippen LogP contribution in [0.2, 0.25) is 0 Å². The molecular weight excluding hydrogens is 212 g/mol. The fourth-order valence-electron chi connectivity index (χ4n) is 3.00. The van der Waals surface area contributed by atoms with Gasteiger partial charge in [-0.2, -0.15) is 0 Å². The zero-order valence-electron chi connectivity index (χ0n) is 11.2. The van der Waals surface area contributed by atoms with Crippen LogP contribution in [0.5, 0.6) is 0 Å². The van der Waals surface area contributed by atoms with Crippen LogP contribution in [0, 0.1) is 11.8 Å². The smallest absolute Gasteiger partial charge is 0.227 e. The topological polar surface area (TPSA) is 46.3 Å². The van der Waals surface area contributed by atoms with Crippen molar-refractivity contribution in [3.05, 3.63) is 0 Å². The van der Waals surface area contributed by atoms with Crippen LogP contribution in [0.4, 0.5) is 0 Å². The Bertz CT molecular complexity index is 275.